The molecule has 2 fully saturated rings. The number of amides is 1. The molecule has 1 saturated carbocycles. The van der Waals surface area contributed by atoms with Crippen molar-refractivity contribution in [2.24, 2.45) is 0 Å². The van der Waals surface area contributed by atoms with Gasteiger partial charge in [0.15, 0.2) is 0 Å². The lowest BCUT2D eigenvalue weighted by Crippen LogP contribution is -2.34. The van der Waals surface area contributed by atoms with Gasteiger partial charge in [0, 0.05) is 43.2 Å². The Balaban J connectivity index is 1.42. The summed E-state index contributed by atoms with van der Waals surface area (Å²) in [6.07, 6.45) is 12.2. The van der Waals surface area contributed by atoms with Gasteiger partial charge in [-0.05, 0) is 74.8 Å². The summed E-state index contributed by atoms with van der Waals surface area (Å²) in [4.78, 5) is 17.5. The summed E-state index contributed by atoms with van der Waals surface area (Å²) >= 11 is 0. The van der Waals surface area contributed by atoms with Gasteiger partial charge in [-0.15, -0.1) is 0 Å². The minimum Gasteiger partial charge on any atom is -0.390 e. The van der Waals surface area contributed by atoms with E-state index in [1.54, 1.807) is 7.05 Å². The highest BCUT2D eigenvalue weighted by Gasteiger charge is 2.30. The third-order valence-corrected chi connectivity index (χ3v) is 7.10. The molecule has 2 heterocycles. The van der Waals surface area contributed by atoms with E-state index < -0.39 is 5.60 Å². The summed E-state index contributed by atoms with van der Waals surface area (Å²) in [7, 11) is 1.71. The Hall–Kier alpha value is -1.85. The largest absolute Gasteiger partial charge is 0.390 e. The maximum atomic E-state index is 11.6. The van der Waals surface area contributed by atoms with Gasteiger partial charge in [-0.1, -0.05) is 18.9 Å². The molecule has 1 amide bonds. The molecule has 2 aliphatic rings. The van der Waals surface area contributed by atoms with Crippen LogP contribution in [0.15, 0.2) is 24.4 Å². The third kappa shape index (κ3) is 4.84. The highest BCUT2D eigenvalue weighted by molar-refractivity contribution is 5.84. The average Bonchev–Trinajstić information content (AvgIpc) is 3.46. The van der Waals surface area contributed by atoms with Crippen LogP contribution < -0.4 is 5.32 Å². The number of nitrogens with one attached hydrogen (secondary N) is 2. The highest BCUT2D eigenvalue weighted by Crippen LogP contribution is 2.34. The van der Waals surface area contributed by atoms with Crippen LogP contribution in [0.1, 0.15) is 62.5 Å². The fourth-order valence-electron chi connectivity index (χ4n) is 5.25. The van der Waals surface area contributed by atoms with Crippen molar-refractivity contribution in [3.8, 4) is 0 Å². The number of aliphatic hydroxyl groups is 1. The van der Waals surface area contributed by atoms with E-state index in [0.717, 1.165) is 58.0 Å². The molecule has 3 N–H and O–H groups in total. The van der Waals surface area contributed by atoms with Crippen molar-refractivity contribution in [3.63, 3.8) is 0 Å². The van der Waals surface area contributed by atoms with Crippen molar-refractivity contribution in [3.05, 3.63) is 35.5 Å². The zero-order chi connectivity index (χ0) is 20.3. The number of hydrogen-bond donors (Lipinski definition) is 3. The van der Waals surface area contributed by atoms with Gasteiger partial charge >= 0.3 is 0 Å². The number of aromatic nitrogens is 1. The normalized spacial score (nSPS) is 21.8. The SMILES string of the molecule is CNC(=O)CCN1CCCC1Cc1c[nH]c2ccc(CCC3(O)CCCC3)cc12. The monoisotopic (exact) mass is 397 g/mol. The Kier molecular flexibility index (Phi) is 6.26. The first-order chi connectivity index (χ1) is 14.1. The number of carbonyl (C=O) groups is 1. The van der Waals surface area contributed by atoms with Crippen molar-refractivity contribution in [2.45, 2.75) is 75.9 Å². The maximum Gasteiger partial charge on any atom is 0.221 e. The number of nitrogens with zero attached hydrogens (tertiary/aromatic N) is 1. The molecule has 5 nitrogen and oxygen atoms in total. The minimum absolute atomic E-state index is 0.122. The van der Waals surface area contributed by atoms with Gasteiger partial charge in [-0.25, -0.2) is 0 Å². The first-order valence-electron chi connectivity index (χ1n) is 11.3. The Morgan fingerprint density at radius 3 is 2.93 bits per heavy atom. The molecular weight excluding hydrogens is 362 g/mol. The van der Waals surface area contributed by atoms with Gasteiger partial charge in [-0.2, -0.15) is 0 Å². The summed E-state index contributed by atoms with van der Waals surface area (Å²) in [5.41, 5.74) is 3.45. The molecule has 1 aliphatic heterocycles. The second kappa shape index (κ2) is 8.88. The van der Waals surface area contributed by atoms with E-state index in [2.05, 4.69) is 39.6 Å². The number of fused-ring (bicyclic) bond motifs is 1. The Labute approximate surface area is 173 Å². The molecule has 29 heavy (non-hydrogen) atoms. The van der Waals surface area contributed by atoms with E-state index in [-0.39, 0.29) is 5.91 Å². The number of aryl methyl sites for hydroxylation is 1. The molecule has 1 aromatic heterocycles. The quantitative estimate of drug-likeness (QED) is 0.638. The lowest BCUT2D eigenvalue weighted by atomic mass is 9.92. The molecule has 1 aromatic carbocycles. The smallest absolute Gasteiger partial charge is 0.221 e. The minimum atomic E-state index is -0.439. The average molecular weight is 398 g/mol. The standard InChI is InChI=1S/C24H35N3O2/c1-25-23(28)9-14-27-13-4-5-20(27)16-19-17-26-22-7-6-18(15-21(19)22)8-12-24(29)10-2-3-11-24/h6-7,15,17,20,26,29H,2-5,8-14,16H2,1H3,(H,25,28). The Morgan fingerprint density at radius 2 is 2.14 bits per heavy atom. The van der Waals surface area contributed by atoms with Crippen molar-refractivity contribution >= 4 is 16.8 Å². The number of rotatable bonds is 8. The van der Waals surface area contributed by atoms with Crippen LogP contribution in [0.3, 0.4) is 0 Å². The van der Waals surface area contributed by atoms with Gasteiger partial charge < -0.3 is 15.4 Å². The highest BCUT2D eigenvalue weighted by atomic mass is 16.3. The molecule has 1 unspecified atom stereocenters. The number of H-pyrrole nitrogens is 1. The number of hydrogen-bond acceptors (Lipinski definition) is 3. The zero-order valence-corrected chi connectivity index (χ0v) is 17.7. The van der Waals surface area contributed by atoms with E-state index in [1.807, 2.05) is 0 Å². The van der Waals surface area contributed by atoms with Crippen LogP contribution in [-0.2, 0) is 17.6 Å². The van der Waals surface area contributed by atoms with Crippen LogP contribution in [0, 0.1) is 0 Å². The van der Waals surface area contributed by atoms with Gasteiger partial charge in [0.1, 0.15) is 0 Å². The Morgan fingerprint density at radius 1 is 1.31 bits per heavy atom. The van der Waals surface area contributed by atoms with E-state index in [0.29, 0.717) is 12.5 Å². The van der Waals surface area contributed by atoms with Crippen LogP contribution in [-0.4, -0.2) is 52.7 Å². The summed E-state index contributed by atoms with van der Waals surface area (Å²) in [5.74, 6) is 0.122. The van der Waals surface area contributed by atoms with Gasteiger partial charge in [0.2, 0.25) is 5.91 Å². The number of aromatic amines is 1. The van der Waals surface area contributed by atoms with Crippen LogP contribution >= 0.6 is 0 Å². The molecule has 2 aromatic rings. The first kappa shape index (κ1) is 20.4. The number of benzene rings is 1. The molecule has 1 saturated heterocycles. The van der Waals surface area contributed by atoms with Crippen molar-refractivity contribution in [1.29, 1.82) is 0 Å². The zero-order valence-electron chi connectivity index (χ0n) is 17.7. The second-order valence-electron chi connectivity index (χ2n) is 9.08. The number of carbonyl (C=O) groups excluding carboxylic acids is 1. The molecule has 4 rings (SSSR count). The predicted octanol–water partition coefficient (Wildman–Crippen LogP) is 3.55. The summed E-state index contributed by atoms with van der Waals surface area (Å²) < 4.78 is 0. The molecule has 0 spiro atoms. The summed E-state index contributed by atoms with van der Waals surface area (Å²) in [6, 6.07) is 7.22. The second-order valence-corrected chi connectivity index (χ2v) is 9.08. The summed E-state index contributed by atoms with van der Waals surface area (Å²) in [5, 5.41) is 14.7. The maximum absolute atomic E-state index is 11.6. The van der Waals surface area contributed by atoms with Crippen LogP contribution in [0.25, 0.3) is 10.9 Å². The third-order valence-electron chi connectivity index (χ3n) is 7.10. The van der Waals surface area contributed by atoms with Crippen molar-refractivity contribution < 1.29 is 9.90 Å². The lowest BCUT2D eigenvalue weighted by molar-refractivity contribution is -0.120. The molecule has 0 radical (unpaired) electrons. The fraction of sp³-hybridized carbons (Fsp3) is 0.625. The van der Waals surface area contributed by atoms with E-state index in [9.17, 15) is 9.90 Å². The lowest BCUT2D eigenvalue weighted by Gasteiger charge is -2.24. The molecule has 0 bridgehead atoms. The fourth-order valence-corrected chi connectivity index (χ4v) is 5.25. The van der Waals surface area contributed by atoms with Crippen LogP contribution in [0.5, 0.6) is 0 Å². The molecule has 1 aliphatic carbocycles. The number of likely N-dealkylation sites (tertiary alicyclic amines) is 1. The van der Waals surface area contributed by atoms with E-state index in [1.165, 1.54) is 34.9 Å². The van der Waals surface area contributed by atoms with Gasteiger partial charge in [-0.3, -0.25) is 9.69 Å². The van der Waals surface area contributed by atoms with Crippen molar-refractivity contribution in [2.75, 3.05) is 20.1 Å². The molecule has 5 heteroatoms. The first-order valence-corrected chi connectivity index (χ1v) is 11.3. The van der Waals surface area contributed by atoms with Crippen LogP contribution in [0.4, 0.5) is 0 Å². The van der Waals surface area contributed by atoms with E-state index in [4.69, 9.17) is 0 Å². The molecule has 1 atom stereocenters. The summed E-state index contributed by atoms with van der Waals surface area (Å²) in [6.45, 7) is 1.93. The predicted molar refractivity (Wildman–Crippen MR) is 117 cm³/mol. The van der Waals surface area contributed by atoms with Crippen LogP contribution in [0.2, 0.25) is 0 Å². The Bertz CT molecular complexity index is 838. The topological polar surface area (TPSA) is 68.4 Å². The van der Waals surface area contributed by atoms with Crippen molar-refractivity contribution in [1.82, 2.24) is 15.2 Å². The molecular formula is C24H35N3O2. The van der Waals surface area contributed by atoms with Gasteiger partial charge in [0.05, 0.1) is 5.60 Å². The molecule has 158 valence electrons. The van der Waals surface area contributed by atoms with E-state index >= 15 is 0 Å². The van der Waals surface area contributed by atoms with Gasteiger partial charge in [0.25, 0.3) is 0 Å².